The second-order valence-electron chi connectivity index (χ2n) is 12.4. The van der Waals surface area contributed by atoms with Crippen LogP contribution in [0, 0.1) is 0 Å². The highest BCUT2D eigenvalue weighted by Gasteiger charge is 2.48. The minimum atomic E-state index is -0.185. The molecule has 6 aromatic carbocycles. The highest BCUT2D eigenvalue weighted by Crippen LogP contribution is 2.60. The normalized spacial score (nSPS) is 17.3. The van der Waals surface area contributed by atoms with E-state index in [-0.39, 0.29) is 5.41 Å². The Morgan fingerprint density at radius 2 is 1.34 bits per heavy atom. The molecule has 0 amide bonds. The maximum atomic E-state index is 2.57. The van der Waals surface area contributed by atoms with E-state index in [1.807, 2.05) is 11.3 Å². The van der Waals surface area contributed by atoms with Crippen LogP contribution in [0.15, 0.2) is 139 Å². The van der Waals surface area contributed by atoms with Crippen molar-refractivity contribution in [3.05, 3.63) is 156 Å². The first-order valence-corrected chi connectivity index (χ1v) is 16.1. The Morgan fingerprint density at radius 1 is 0.636 bits per heavy atom. The first-order valence-electron chi connectivity index (χ1n) is 15.3. The van der Waals surface area contributed by atoms with E-state index in [2.05, 4.69) is 156 Å². The van der Waals surface area contributed by atoms with Crippen LogP contribution in [0.5, 0.6) is 0 Å². The SMILES string of the molecule is CC12Cc3c(n(-c4ccccc4)c4ccc5ccccc5c34)C=C1N(c1ccccc1)c1c2ccc2c1sc1ccccc12. The van der Waals surface area contributed by atoms with Gasteiger partial charge in [-0.2, -0.15) is 0 Å². The number of benzene rings is 6. The summed E-state index contributed by atoms with van der Waals surface area (Å²) in [6.07, 6.45) is 3.44. The van der Waals surface area contributed by atoms with Crippen molar-refractivity contribution >= 4 is 70.6 Å². The van der Waals surface area contributed by atoms with Crippen molar-refractivity contribution in [2.24, 2.45) is 0 Å². The van der Waals surface area contributed by atoms with Crippen LogP contribution in [-0.2, 0) is 11.8 Å². The molecule has 3 heterocycles. The zero-order chi connectivity index (χ0) is 29.0. The van der Waals surface area contributed by atoms with Gasteiger partial charge >= 0.3 is 0 Å². The van der Waals surface area contributed by atoms with Gasteiger partial charge in [-0.3, -0.25) is 0 Å². The van der Waals surface area contributed by atoms with Gasteiger partial charge in [0.05, 0.1) is 21.6 Å². The van der Waals surface area contributed by atoms with E-state index in [0.717, 1.165) is 6.42 Å². The Kier molecular flexibility index (Phi) is 4.82. The van der Waals surface area contributed by atoms with Crippen LogP contribution >= 0.6 is 11.3 Å². The topological polar surface area (TPSA) is 8.17 Å². The Balaban J connectivity index is 1.34. The number of hydrogen-bond donors (Lipinski definition) is 0. The van der Waals surface area contributed by atoms with Crippen molar-refractivity contribution in [3.63, 3.8) is 0 Å². The van der Waals surface area contributed by atoms with Gasteiger partial charge in [-0.15, -0.1) is 11.3 Å². The molecule has 1 aliphatic heterocycles. The fraction of sp³-hybridized carbons (Fsp3) is 0.0732. The molecule has 0 radical (unpaired) electrons. The number of anilines is 2. The lowest BCUT2D eigenvalue weighted by Crippen LogP contribution is -2.31. The molecule has 3 heteroatoms. The molecule has 0 saturated carbocycles. The summed E-state index contributed by atoms with van der Waals surface area (Å²) in [4.78, 5) is 2.57. The maximum absolute atomic E-state index is 2.57. The molecule has 8 aromatic rings. The van der Waals surface area contributed by atoms with E-state index in [4.69, 9.17) is 0 Å². The van der Waals surface area contributed by atoms with E-state index in [1.54, 1.807) is 0 Å². The van der Waals surface area contributed by atoms with E-state index < -0.39 is 0 Å². The lowest BCUT2D eigenvalue weighted by molar-refractivity contribution is 0.567. The van der Waals surface area contributed by atoms with Crippen molar-refractivity contribution in [1.29, 1.82) is 0 Å². The third kappa shape index (κ3) is 3.09. The maximum Gasteiger partial charge on any atom is 0.0679 e. The van der Waals surface area contributed by atoms with Gasteiger partial charge in [-0.25, -0.2) is 0 Å². The van der Waals surface area contributed by atoms with Gasteiger partial charge in [0.25, 0.3) is 0 Å². The summed E-state index contributed by atoms with van der Waals surface area (Å²) in [6, 6.07) is 49.0. The van der Waals surface area contributed by atoms with Crippen LogP contribution in [0.3, 0.4) is 0 Å². The zero-order valence-electron chi connectivity index (χ0n) is 24.3. The van der Waals surface area contributed by atoms with Crippen molar-refractivity contribution in [2.75, 3.05) is 4.90 Å². The van der Waals surface area contributed by atoms with E-state index in [0.29, 0.717) is 0 Å². The van der Waals surface area contributed by atoms with Crippen molar-refractivity contribution in [3.8, 4) is 5.69 Å². The first-order chi connectivity index (χ1) is 21.7. The number of thiophene rings is 1. The molecule has 10 rings (SSSR count). The van der Waals surface area contributed by atoms with Crippen LogP contribution in [0.25, 0.3) is 53.6 Å². The number of allylic oxidation sites excluding steroid dienone is 1. The molecule has 0 bridgehead atoms. The van der Waals surface area contributed by atoms with Gasteiger partial charge in [-0.1, -0.05) is 97.1 Å². The summed E-state index contributed by atoms with van der Waals surface area (Å²) >= 11 is 1.93. The predicted molar refractivity (Wildman–Crippen MR) is 188 cm³/mol. The van der Waals surface area contributed by atoms with Crippen LogP contribution < -0.4 is 4.90 Å². The summed E-state index contributed by atoms with van der Waals surface area (Å²) in [7, 11) is 0. The van der Waals surface area contributed by atoms with Gasteiger partial charge in [0.15, 0.2) is 0 Å². The molecule has 0 N–H and O–H groups in total. The Hall–Kier alpha value is -5.12. The van der Waals surface area contributed by atoms with Gasteiger partial charge in [0.2, 0.25) is 0 Å². The second kappa shape index (κ2) is 8.72. The molecule has 0 saturated heterocycles. The zero-order valence-corrected chi connectivity index (χ0v) is 25.1. The summed E-state index contributed by atoms with van der Waals surface area (Å²) in [6.45, 7) is 2.47. The lowest BCUT2D eigenvalue weighted by atomic mass is 9.72. The Bertz CT molecular complexity index is 2480. The number of fused-ring (bicyclic) bond motifs is 12. The quantitative estimate of drug-likeness (QED) is 0.197. The fourth-order valence-electron chi connectivity index (χ4n) is 8.03. The first kappa shape index (κ1) is 24.3. The lowest BCUT2D eigenvalue weighted by Gasteiger charge is -2.34. The number of para-hydroxylation sites is 2. The molecule has 1 unspecified atom stereocenters. The van der Waals surface area contributed by atoms with Crippen LogP contribution in [0.1, 0.15) is 23.7 Å². The van der Waals surface area contributed by atoms with Gasteiger partial charge in [0, 0.05) is 43.3 Å². The molecule has 44 heavy (non-hydrogen) atoms. The fourth-order valence-corrected chi connectivity index (χ4v) is 9.27. The van der Waals surface area contributed by atoms with E-state index in [1.165, 1.54) is 81.4 Å². The average Bonchev–Trinajstić information content (AvgIpc) is 3.69. The highest BCUT2D eigenvalue weighted by atomic mass is 32.1. The van der Waals surface area contributed by atoms with Gasteiger partial charge < -0.3 is 9.47 Å². The minimum absolute atomic E-state index is 0.185. The number of rotatable bonds is 2. The Labute approximate surface area is 259 Å². The standard InChI is InChI=1S/C41H28N2S/c1-41-25-32-35(42(27-13-4-2-5-14-27)34-23-20-26-12-8-9-17-29(26)38(32)34)24-37(41)43(28-15-6-3-7-16-28)39-33(41)22-21-31-30-18-10-11-19-36(30)44-40(31)39/h2-24H,25H2,1H3. The van der Waals surface area contributed by atoms with Crippen molar-refractivity contribution in [1.82, 2.24) is 4.57 Å². The smallest absolute Gasteiger partial charge is 0.0679 e. The molecule has 1 aliphatic carbocycles. The van der Waals surface area contributed by atoms with Crippen LogP contribution in [-0.4, -0.2) is 4.57 Å². The second-order valence-corrected chi connectivity index (χ2v) is 13.4. The summed E-state index contributed by atoms with van der Waals surface area (Å²) in [5.74, 6) is 0. The van der Waals surface area contributed by atoms with Crippen molar-refractivity contribution in [2.45, 2.75) is 18.8 Å². The third-order valence-corrected chi connectivity index (χ3v) is 11.2. The number of nitrogens with zero attached hydrogens (tertiary/aromatic N) is 2. The average molecular weight is 581 g/mol. The highest BCUT2D eigenvalue weighted by molar-refractivity contribution is 7.26. The van der Waals surface area contributed by atoms with Crippen molar-refractivity contribution < 1.29 is 0 Å². The molecule has 2 aliphatic rings. The summed E-state index contributed by atoms with van der Waals surface area (Å²) in [5, 5.41) is 6.68. The van der Waals surface area contributed by atoms with Gasteiger partial charge in [0.1, 0.15) is 0 Å². The third-order valence-electron chi connectivity index (χ3n) is 9.98. The Morgan fingerprint density at radius 3 is 2.16 bits per heavy atom. The van der Waals surface area contributed by atoms with E-state index in [9.17, 15) is 0 Å². The van der Waals surface area contributed by atoms with Crippen LogP contribution in [0.2, 0.25) is 0 Å². The minimum Gasteiger partial charge on any atom is -0.311 e. The van der Waals surface area contributed by atoms with E-state index >= 15 is 0 Å². The molecule has 0 spiro atoms. The number of hydrogen-bond acceptors (Lipinski definition) is 2. The molecule has 2 aromatic heterocycles. The molecule has 1 atom stereocenters. The van der Waals surface area contributed by atoms with Crippen LogP contribution in [0.4, 0.5) is 11.4 Å². The predicted octanol–water partition coefficient (Wildman–Crippen LogP) is 11.2. The monoisotopic (exact) mass is 580 g/mol. The summed E-state index contributed by atoms with van der Waals surface area (Å²) in [5.41, 5.74) is 10.3. The molecular weight excluding hydrogens is 553 g/mol. The molecule has 0 fully saturated rings. The molecule has 2 nitrogen and oxygen atoms in total. The summed E-state index contributed by atoms with van der Waals surface area (Å²) < 4.78 is 5.20. The molecule has 208 valence electrons. The number of aromatic nitrogens is 1. The largest absolute Gasteiger partial charge is 0.311 e. The molecular formula is C41H28N2S. The van der Waals surface area contributed by atoms with Gasteiger partial charge in [-0.05, 0) is 77.7 Å².